The molecule has 9 nitrogen and oxygen atoms in total. The Morgan fingerprint density at radius 1 is 1.23 bits per heavy atom. The Labute approximate surface area is 181 Å². The van der Waals surface area contributed by atoms with Crippen LogP contribution in [0.15, 0.2) is 30.7 Å². The molecule has 164 valence electrons. The number of carbonyl (C=O) groups excluding carboxylic acids is 3. The molecule has 1 fully saturated rings. The van der Waals surface area contributed by atoms with Gasteiger partial charge in [0.25, 0.3) is 5.91 Å². The van der Waals surface area contributed by atoms with Crippen molar-refractivity contribution in [2.45, 2.75) is 51.2 Å². The quantitative estimate of drug-likeness (QED) is 0.408. The maximum atomic E-state index is 12.9. The SMILES string of the molecule is NCCCn1cnc(CCCNc2cccc3c2CN(C2CCC(=O)NC2=O)C3=O)c1. The molecule has 0 spiro atoms. The van der Waals surface area contributed by atoms with Gasteiger partial charge in [-0.15, -0.1) is 0 Å². The van der Waals surface area contributed by atoms with Crippen LogP contribution in [0.3, 0.4) is 0 Å². The van der Waals surface area contributed by atoms with Crippen LogP contribution in [-0.2, 0) is 29.1 Å². The molecule has 3 amide bonds. The molecule has 3 heterocycles. The van der Waals surface area contributed by atoms with E-state index in [2.05, 4.69) is 26.4 Å². The Kier molecular flexibility index (Phi) is 6.31. The third-order valence-corrected chi connectivity index (χ3v) is 5.81. The van der Waals surface area contributed by atoms with E-state index in [0.29, 0.717) is 25.1 Å². The normalized spacial score (nSPS) is 18.3. The number of aryl methyl sites for hydroxylation is 2. The Morgan fingerprint density at radius 2 is 2.10 bits per heavy atom. The number of imidazole rings is 1. The van der Waals surface area contributed by atoms with E-state index in [1.807, 2.05) is 18.5 Å². The van der Waals surface area contributed by atoms with Crippen molar-refractivity contribution >= 4 is 23.4 Å². The first-order valence-corrected chi connectivity index (χ1v) is 10.8. The molecule has 0 bridgehead atoms. The smallest absolute Gasteiger partial charge is 0.255 e. The molecular weight excluding hydrogens is 396 g/mol. The molecule has 2 aliphatic heterocycles. The van der Waals surface area contributed by atoms with E-state index in [1.165, 1.54) is 0 Å². The topological polar surface area (TPSA) is 122 Å². The lowest BCUT2D eigenvalue weighted by Crippen LogP contribution is -2.52. The van der Waals surface area contributed by atoms with Crippen LogP contribution in [-0.4, -0.2) is 51.3 Å². The van der Waals surface area contributed by atoms with E-state index in [4.69, 9.17) is 5.73 Å². The van der Waals surface area contributed by atoms with Gasteiger partial charge in [0, 0.05) is 49.1 Å². The van der Waals surface area contributed by atoms with Crippen molar-refractivity contribution in [2.24, 2.45) is 5.73 Å². The van der Waals surface area contributed by atoms with Gasteiger partial charge in [-0.05, 0) is 44.4 Å². The van der Waals surface area contributed by atoms with Crippen LogP contribution in [0.25, 0.3) is 0 Å². The van der Waals surface area contributed by atoms with Gasteiger partial charge in [-0.3, -0.25) is 19.7 Å². The molecule has 1 atom stereocenters. The fourth-order valence-corrected chi connectivity index (χ4v) is 4.18. The first-order chi connectivity index (χ1) is 15.1. The van der Waals surface area contributed by atoms with Crippen LogP contribution in [0, 0.1) is 0 Å². The zero-order chi connectivity index (χ0) is 21.8. The summed E-state index contributed by atoms with van der Waals surface area (Å²) in [5.74, 6) is -0.828. The van der Waals surface area contributed by atoms with E-state index in [-0.39, 0.29) is 18.2 Å². The molecule has 1 aromatic heterocycles. The summed E-state index contributed by atoms with van der Waals surface area (Å²) < 4.78 is 2.06. The predicted molar refractivity (Wildman–Crippen MR) is 115 cm³/mol. The van der Waals surface area contributed by atoms with E-state index >= 15 is 0 Å². The first-order valence-electron chi connectivity index (χ1n) is 10.8. The van der Waals surface area contributed by atoms with Gasteiger partial charge in [-0.1, -0.05) is 6.07 Å². The minimum absolute atomic E-state index is 0.156. The van der Waals surface area contributed by atoms with Crippen molar-refractivity contribution in [1.29, 1.82) is 0 Å². The number of piperidine rings is 1. The number of benzene rings is 1. The minimum atomic E-state index is -0.597. The van der Waals surface area contributed by atoms with Crippen molar-refractivity contribution in [3.63, 3.8) is 0 Å². The Hall–Kier alpha value is -3.20. The van der Waals surface area contributed by atoms with Crippen LogP contribution in [0.1, 0.15) is 47.3 Å². The second-order valence-corrected chi connectivity index (χ2v) is 8.01. The molecular formula is C22H28N6O3. The second-order valence-electron chi connectivity index (χ2n) is 8.01. The summed E-state index contributed by atoms with van der Waals surface area (Å²) in [6, 6.07) is 5.01. The zero-order valence-electron chi connectivity index (χ0n) is 17.5. The molecule has 0 saturated carbocycles. The fraction of sp³-hybridized carbons (Fsp3) is 0.455. The van der Waals surface area contributed by atoms with Gasteiger partial charge >= 0.3 is 0 Å². The average molecular weight is 425 g/mol. The lowest BCUT2D eigenvalue weighted by atomic mass is 10.0. The number of hydrogen-bond acceptors (Lipinski definition) is 6. The lowest BCUT2D eigenvalue weighted by Gasteiger charge is -2.29. The van der Waals surface area contributed by atoms with Gasteiger partial charge in [0.2, 0.25) is 11.8 Å². The van der Waals surface area contributed by atoms with Crippen molar-refractivity contribution in [2.75, 3.05) is 18.4 Å². The number of amides is 3. The van der Waals surface area contributed by atoms with E-state index < -0.39 is 11.9 Å². The highest BCUT2D eigenvalue weighted by atomic mass is 16.2. The second kappa shape index (κ2) is 9.30. The maximum Gasteiger partial charge on any atom is 0.255 e. The molecule has 9 heteroatoms. The fourth-order valence-electron chi connectivity index (χ4n) is 4.18. The number of carbonyl (C=O) groups is 3. The van der Waals surface area contributed by atoms with E-state index in [1.54, 1.807) is 11.0 Å². The van der Waals surface area contributed by atoms with Crippen molar-refractivity contribution < 1.29 is 14.4 Å². The summed E-state index contributed by atoms with van der Waals surface area (Å²) in [7, 11) is 0. The molecule has 31 heavy (non-hydrogen) atoms. The highest BCUT2D eigenvalue weighted by Crippen LogP contribution is 2.32. The van der Waals surface area contributed by atoms with Crippen molar-refractivity contribution in [1.82, 2.24) is 19.8 Å². The number of fused-ring (bicyclic) bond motifs is 1. The summed E-state index contributed by atoms with van der Waals surface area (Å²) in [5, 5.41) is 5.77. The number of imide groups is 1. The highest BCUT2D eigenvalue weighted by Gasteiger charge is 2.39. The van der Waals surface area contributed by atoms with Crippen LogP contribution in [0.2, 0.25) is 0 Å². The minimum Gasteiger partial charge on any atom is -0.385 e. The van der Waals surface area contributed by atoms with Gasteiger partial charge in [-0.2, -0.15) is 0 Å². The van der Waals surface area contributed by atoms with Gasteiger partial charge in [0.05, 0.1) is 12.0 Å². The Balaban J connectivity index is 1.34. The number of nitrogens with zero attached hydrogens (tertiary/aromatic N) is 3. The summed E-state index contributed by atoms with van der Waals surface area (Å²) in [4.78, 5) is 42.5. The number of rotatable bonds is 9. The Morgan fingerprint density at radius 3 is 2.90 bits per heavy atom. The molecule has 0 aliphatic carbocycles. The standard InChI is InChI=1S/C22H28N6O3/c23-9-3-11-27-12-15(25-14-27)4-2-10-24-18-6-1-5-16-17(18)13-28(22(16)31)19-7-8-20(29)26-21(19)30/h1,5-6,12,14,19,24H,2-4,7-11,13,23H2,(H,26,29,30). The predicted octanol–water partition coefficient (Wildman–Crippen LogP) is 1.04. The molecule has 1 unspecified atom stereocenters. The third-order valence-electron chi connectivity index (χ3n) is 5.81. The van der Waals surface area contributed by atoms with Crippen molar-refractivity contribution in [3.8, 4) is 0 Å². The Bertz CT molecular complexity index is 985. The number of nitrogens with one attached hydrogen (secondary N) is 2. The third kappa shape index (κ3) is 4.61. The van der Waals surface area contributed by atoms with Gasteiger partial charge in [0.15, 0.2) is 0 Å². The monoisotopic (exact) mass is 424 g/mol. The maximum absolute atomic E-state index is 12.9. The molecule has 0 radical (unpaired) electrons. The molecule has 4 N–H and O–H groups in total. The number of hydrogen-bond donors (Lipinski definition) is 3. The van der Waals surface area contributed by atoms with Crippen LogP contribution in [0.4, 0.5) is 5.69 Å². The van der Waals surface area contributed by atoms with Crippen LogP contribution < -0.4 is 16.4 Å². The molecule has 2 aromatic rings. The summed E-state index contributed by atoms with van der Waals surface area (Å²) >= 11 is 0. The molecule has 4 rings (SSSR count). The summed E-state index contributed by atoms with van der Waals surface area (Å²) in [6.07, 6.45) is 7.23. The molecule has 2 aliphatic rings. The van der Waals surface area contributed by atoms with Crippen LogP contribution >= 0.6 is 0 Å². The van der Waals surface area contributed by atoms with Crippen molar-refractivity contribution in [3.05, 3.63) is 47.5 Å². The largest absolute Gasteiger partial charge is 0.385 e. The zero-order valence-corrected chi connectivity index (χ0v) is 17.5. The molecule has 1 saturated heterocycles. The summed E-state index contributed by atoms with van der Waals surface area (Å²) in [5.41, 5.74) is 9.04. The van der Waals surface area contributed by atoms with E-state index in [9.17, 15) is 14.4 Å². The van der Waals surface area contributed by atoms with Gasteiger partial charge < -0.3 is 20.5 Å². The average Bonchev–Trinajstić information content (AvgIpc) is 3.35. The summed E-state index contributed by atoms with van der Waals surface area (Å²) in [6.45, 7) is 2.67. The number of anilines is 1. The highest BCUT2D eigenvalue weighted by molar-refractivity contribution is 6.06. The molecule has 1 aromatic carbocycles. The van der Waals surface area contributed by atoms with Gasteiger partial charge in [-0.25, -0.2) is 4.98 Å². The number of aromatic nitrogens is 2. The lowest BCUT2D eigenvalue weighted by molar-refractivity contribution is -0.136. The first kappa shape index (κ1) is 21.0. The van der Waals surface area contributed by atoms with Crippen LogP contribution in [0.5, 0.6) is 0 Å². The number of nitrogens with two attached hydrogens (primary N) is 1. The van der Waals surface area contributed by atoms with Gasteiger partial charge in [0.1, 0.15) is 6.04 Å². The van der Waals surface area contributed by atoms with E-state index in [0.717, 1.165) is 49.3 Å².